The Hall–Kier alpha value is -4.58. The van der Waals surface area contributed by atoms with Crippen LogP contribution < -0.4 is 15.2 Å². The van der Waals surface area contributed by atoms with Crippen molar-refractivity contribution in [2.24, 2.45) is 5.73 Å². The number of hydrogen-bond donors (Lipinski definition) is 1. The molecule has 6 heteroatoms. The largest absolute Gasteiger partial charge is 0.493 e. The number of fused-ring (bicyclic) bond motifs is 1. The van der Waals surface area contributed by atoms with Crippen molar-refractivity contribution < 1.29 is 19.1 Å². The van der Waals surface area contributed by atoms with Crippen LogP contribution >= 0.6 is 0 Å². The lowest BCUT2D eigenvalue weighted by atomic mass is 9.86. The maximum Gasteiger partial charge on any atom is 0.240 e. The minimum Gasteiger partial charge on any atom is -0.493 e. The van der Waals surface area contributed by atoms with E-state index in [1.165, 1.54) is 0 Å². The first-order chi connectivity index (χ1) is 18.6. The highest BCUT2D eigenvalue weighted by atomic mass is 16.5. The number of carbonyl (C=O) groups is 2. The summed E-state index contributed by atoms with van der Waals surface area (Å²) in [7, 11) is 1.59. The lowest BCUT2D eigenvalue weighted by molar-refractivity contribution is -0.141. The average molecular weight is 507 g/mol. The molecular weight excluding hydrogens is 476 g/mol. The maximum atomic E-state index is 14.2. The van der Waals surface area contributed by atoms with Gasteiger partial charge >= 0.3 is 0 Å². The van der Waals surface area contributed by atoms with Gasteiger partial charge in [-0.15, -0.1) is 0 Å². The molecule has 1 unspecified atom stereocenters. The van der Waals surface area contributed by atoms with Gasteiger partial charge in [0.05, 0.1) is 13.0 Å². The Morgan fingerprint density at radius 2 is 1.45 bits per heavy atom. The minimum absolute atomic E-state index is 0.167. The number of primary amides is 1. The Morgan fingerprint density at radius 3 is 2.00 bits per heavy atom. The molecule has 1 atom stereocenters. The van der Waals surface area contributed by atoms with E-state index >= 15 is 0 Å². The molecule has 0 spiro atoms. The molecule has 192 valence electrons. The first-order valence-electron chi connectivity index (χ1n) is 12.6. The average Bonchev–Trinajstić information content (AvgIpc) is 2.96. The quantitative estimate of drug-likeness (QED) is 0.371. The van der Waals surface area contributed by atoms with E-state index in [0.29, 0.717) is 18.1 Å². The summed E-state index contributed by atoms with van der Waals surface area (Å²) >= 11 is 0. The normalized spacial score (nSPS) is 14.6. The lowest BCUT2D eigenvalue weighted by Gasteiger charge is -2.38. The summed E-state index contributed by atoms with van der Waals surface area (Å²) in [6, 6.07) is 32.0. The summed E-state index contributed by atoms with van der Waals surface area (Å²) in [5.74, 6) is -0.128. The van der Waals surface area contributed by atoms with E-state index in [9.17, 15) is 9.59 Å². The van der Waals surface area contributed by atoms with Crippen molar-refractivity contribution in [2.45, 2.75) is 31.5 Å². The van der Waals surface area contributed by atoms with Crippen LogP contribution in [-0.4, -0.2) is 29.9 Å². The van der Waals surface area contributed by atoms with Crippen LogP contribution in [0.15, 0.2) is 103 Å². The van der Waals surface area contributed by atoms with Crippen LogP contribution in [-0.2, 0) is 29.2 Å². The predicted octanol–water partition coefficient (Wildman–Crippen LogP) is 4.84. The molecule has 0 saturated heterocycles. The van der Waals surface area contributed by atoms with E-state index in [-0.39, 0.29) is 18.9 Å². The van der Waals surface area contributed by atoms with E-state index in [4.69, 9.17) is 15.2 Å². The number of nitrogens with zero attached hydrogens (tertiary/aromatic N) is 1. The maximum absolute atomic E-state index is 14.2. The van der Waals surface area contributed by atoms with Crippen LogP contribution in [0.5, 0.6) is 11.5 Å². The monoisotopic (exact) mass is 506 g/mol. The molecule has 0 saturated carbocycles. The van der Waals surface area contributed by atoms with Gasteiger partial charge in [0, 0.05) is 18.5 Å². The SMILES string of the molecule is COc1ccc2c(c1OCc1ccccc1)CC(C(N)=O)N(C(=O)C(c1ccccc1)c1ccccc1)C2. The Balaban J connectivity index is 1.52. The molecule has 6 nitrogen and oxygen atoms in total. The molecule has 2 N–H and O–H groups in total. The lowest BCUT2D eigenvalue weighted by Crippen LogP contribution is -2.52. The molecule has 1 aliphatic heterocycles. The smallest absolute Gasteiger partial charge is 0.240 e. The minimum atomic E-state index is -0.823. The van der Waals surface area contributed by atoms with Crippen molar-refractivity contribution in [1.82, 2.24) is 4.90 Å². The van der Waals surface area contributed by atoms with E-state index < -0.39 is 17.9 Å². The first kappa shape index (κ1) is 25.1. The third-order valence-electron chi connectivity index (χ3n) is 7.01. The second-order valence-corrected chi connectivity index (χ2v) is 9.35. The fourth-order valence-electron chi connectivity index (χ4n) is 5.09. The fourth-order valence-corrected chi connectivity index (χ4v) is 5.09. The number of amides is 2. The van der Waals surface area contributed by atoms with E-state index in [1.807, 2.05) is 103 Å². The standard InChI is InChI=1S/C32H30N2O4/c1-37-28-18-17-25-20-34(32(36)29(23-13-7-3-8-14-23)24-15-9-4-10-16-24)27(31(33)35)19-26(25)30(28)38-21-22-11-5-2-6-12-22/h2-18,27,29H,19-21H2,1H3,(H2,33,35). The molecule has 38 heavy (non-hydrogen) atoms. The van der Waals surface area contributed by atoms with Gasteiger partial charge in [0.2, 0.25) is 11.8 Å². The van der Waals surface area contributed by atoms with Gasteiger partial charge in [0.25, 0.3) is 0 Å². The molecule has 1 heterocycles. The molecule has 0 aromatic heterocycles. The highest BCUT2D eigenvalue weighted by Crippen LogP contribution is 2.40. The first-order valence-corrected chi connectivity index (χ1v) is 12.6. The van der Waals surface area contributed by atoms with Crippen LogP contribution in [0.3, 0.4) is 0 Å². The summed E-state index contributed by atoms with van der Waals surface area (Å²) in [5, 5.41) is 0. The number of nitrogens with two attached hydrogens (primary N) is 1. The third-order valence-corrected chi connectivity index (χ3v) is 7.01. The molecule has 0 fully saturated rings. The zero-order valence-corrected chi connectivity index (χ0v) is 21.2. The Morgan fingerprint density at radius 1 is 0.868 bits per heavy atom. The van der Waals surface area contributed by atoms with Crippen molar-refractivity contribution in [3.63, 3.8) is 0 Å². The van der Waals surface area contributed by atoms with Gasteiger partial charge in [-0.05, 0) is 28.3 Å². The Bertz CT molecular complexity index is 1370. The van der Waals surface area contributed by atoms with Gasteiger partial charge < -0.3 is 20.1 Å². The summed E-state index contributed by atoms with van der Waals surface area (Å²) in [6.45, 7) is 0.589. The highest BCUT2D eigenvalue weighted by molar-refractivity contribution is 5.92. The number of carbonyl (C=O) groups excluding carboxylic acids is 2. The van der Waals surface area contributed by atoms with Gasteiger partial charge in [-0.25, -0.2) is 0 Å². The number of hydrogen-bond acceptors (Lipinski definition) is 4. The number of rotatable bonds is 8. The molecule has 0 bridgehead atoms. The van der Waals surface area contributed by atoms with E-state index in [2.05, 4.69) is 0 Å². The number of ether oxygens (including phenoxy) is 2. The highest BCUT2D eigenvalue weighted by Gasteiger charge is 2.39. The fraction of sp³-hybridized carbons (Fsp3) is 0.188. The Labute approximate surface area is 222 Å². The van der Waals surface area contributed by atoms with Crippen LogP contribution in [0.4, 0.5) is 0 Å². The second kappa shape index (κ2) is 11.2. The van der Waals surface area contributed by atoms with Gasteiger partial charge in [0.1, 0.15) is 12.6 Å². The predicted molar refractivity (Wildman–Crippen MR) is 146 cm³/mol. The van der Waals surface area contributed by atoms with Gasteiger partial charge in [-0.2, -0.15) is 0 Å². The third kappa shape index (κ3) is 5.11. The van der Waals surface area contributed by atoms with E-state index in [1.54, 1.807) is 12.0 Å². The Kier molecular flexibility index (Phi) is 7.40. The van der Waals surface area contributed by atoms with Crippen molar-refractivity contribution >= 4 is 11.8 Å². The second-order valence-electron chi connectivity index (χ2n) is 9.35. The molecule has 2 amide bonds. The van der Waals surface area contributed by atoms with E-state index in [0.717, 1.165) is 27.8 Å². The molecular formula is C32H30N2O4. The summed E-state index contributed by atoms with van der Waals surface area (Å²) in [5.41, 5.74) is 10.4. The zero-order valence-electron chi connectivity index (χ0n) is 21.2. The van der Waals surface area contributed by atoms with Gasteiger partial charge in [-0.1, -0.05) is 97.1 Å². The van der Waals surface area contributed by atoms with Crippen LogP contribution in [0.2, 0.25) is 0 Å². The summed E-state index contributed by atoms with van der Waals surface area (Å²) in [6.07, 6.45) is 0.244. The molecule has 0 aliphatic carbocycles. The zero-order chi connectivity index (χ0) is 26.5. The summed E-state index contributed by atoms with van der Waals surface area (Å²) in [4.78, 5) is 28.6. The van der Waals surface area contributed by atoms with Crippen LogP contribution in [0, 0.1) is 0 Å². The molecule has 1 aliphatic rings. The molecule has 4 aromatic carbocycles. The molecule has 0 radical (unpaired) electrons. The van der Waals surface area contributed by atoms with Crippen molar-refractivity contribution in [1.29, 1.82) is 0 Å². The molecule has 4 aromatic rings. The number of benzene rings is 4. The summed E-state index contributed by atoms with van der Waals surface area (Å²) < 4.78 is 11.8. The van der Waals surface area contributed by atoms with Crippen molar-refractivity contribution in [3.8, 4) is 11.5 Å². The van der Waals surface area contributed by atoms with Crippen molar-refractivity contribution in [2.75, 3.05) is 7.11 Å². The topological polar surface area (TPSA) is 81.9 Å². The van der Waals surface area contributed by atoms with Gasteiger partial charge in [-0.3, -0.25) is 9.59 Å². The van der Waals surface area contributed by atoms with Crippen LogP contribution in [0.25, 0.3) is 0 Å². The number of methoxy groups -OCH3 is 1. The van der Waals surface area contributed by atoms with Crippen molar-refractivity contribution in [3.05, 3.63) is 131 Å². The van der Waals surface area contributed by atoms with Crippen LogP contribution in [0.1, 0.15) is 33.7 Å². The van der Waals surface area contributed by atoms with Gasteiger partial charge in [0.15, 0.2) is 11.5 Å². The molecule has 5 rings (SSSR count).